The van der Waals surface area contributed by atoms with Gasteiger partial charge in [-0.3, -0.25) is 33.9 Å². The Morgan fingerprint density at radius 2 is 1.40 bits per heavy atom. The fraction of sp³-hybridized carbons (Fsp3) is 0.400. The number of primary amides is 1. The molecule has 0 spiro atoms. The van der Waals surface area contributed by atoms with E-state index < -0.39 is 55.7 Å². The average molecular weight is 675 g/mol. The van der Waals surface area contributed by atoms with Crippen LogP contribution in [0.3, 0.4) is 0 Å². The number of phenolic OH excluding ortho intramolecular Hbond substituents is 1. The summed E-state index contributed by atoms with van der Waals surface area (Å²) in [6.45, 7) is -2.13. The maximum absolute atomic E-state index is 11.9. The lowest BCUT2D eigenvalue weighted by molar-refractivity contribution is -0.142. The molecule has 2 aromatic rings. The molecule has 0 heterocycles. The van der Waals surface area contributed by atoms with Crippen molar-refractivity contribution in [2.24, 2.45) is 15.7 Å². The first kappa shape index (κ1) is 38.4. The number of nitrogens with zero attached hydrogens (tertiary/aromatic N) is 5. The Hall–Kier alpha value is -4.77. The van der Waals surface area contributed by atoms with Crippen LogP contribution in [0.2, 0.25) is 0 Å². The number of rotatable bonds is 23. The van der Waals surface area contributed by atoms with Gasteiger partial charge in [0.2, 0.25) is 5.91 Å². The van der Waals surface area contributed by atoms with Gasteiger partial charge in [0.15, 0.2) is 12.6 Å². The molecule has 0 saturated heterocycles. The zero-order valence-corrected chi connectivity index (χ0v) is 26.2. The molecule has 0 aromatic heterocycles. The predicted molar refractivity (Wildman–Crippen MR) is 173 cm³/mol. The summed E-state index contributed by atoms with van der Waals surface area (Å²) in [5.41, 5.74) is 7.26. The molecule has 17 heteroatoms. The summed E-state index contributed by atoms with van der Waals surface area (Å²) in [4.78, 5) is 58.5. The summed E-state index contributed by atoms with van der Waals surface area (Å²) in [5, 5.41) is 50.5. The first-order chi connectivity index (χ1) is 22.3. The molecular formula is C30H38N6O10S. The third-order valence-electron chi connectivity index (χ3n) is 6.64. The molecule has 0 aliphatic carbocycles. The van der Waals surface area contributed by atoms with E-state index >= 15 is 0 Å². The van der Waals surface area contributed by atoms with E-state index in [1.807, 2.05) is 0 Å². The molecule has 0 saturated carbocycles. The average Bonchev–Trinajstić information content (AvgIpc) is 2.98. The van der Waals surface area contributed by atoms with Crippen molar-refractivity contribution in [1.29, 1.82) is 0 Å². The molecule has 2 unspecified atom stereocenters. The predicted octanol–water partition coefficient (Wildman–Crippen LogP) is 0.246. The van der Waals surface area contributed by atoms with Crippen LogP contribution in [-0.2, 0) is 36.8 Å². The largest absolute Gasteiger partial charge is 0.508 e. The fourth-order valence-corrected chi connectivity index (χ4v) is 4.67. The number of amides is 1. The molecule has 2 aromatic carbocycles. The smallest absolute Gasteiger partial charge is 0.317 e. The highest BCUT2D eigenvalue weighted by atomic mass is 32.1. The van der Waals surface area contributed by atoms with Crippen molar-refractivity contribution in [3.05, 3.63) is 59.7 Å². The van der Waals surface area contributed by atoms with Crippen molar-refractivity contribution >= 4 is 53.3 Å². The lowest BCUT2D eigenvalue weighted by Crippen LogP contribution is -2.51. The second-order valence-electron chi connectivity index (χ2n) is 10.5. The van der Waals surface area contributed by atoms with Crippen molar-refractivity contribution in [2.45, 2.75) is 25.1 Å². The Labute approximate surface area is 276 Å². The summed E-state index contributed by atoms with van der Waals surface area (Å²) in [6, 6.07) is 12.4. The van der Waals surface area contributed by atoms with E-state index in [-0.39, 0.29) is 51.5 Å². The zero-order chi connectivity index (χ0) is 34.8. The van der Waals surface area contributed by atoms with Crippen LogP contribution in [0.1, 0.15) is 11.1 Å². The Kier molecular flexibility index (Phi) is 16.7. The third kappa shape index (κ3) is 16.4. The lowest BCUT2D eigenvalue weighted by atomic mass is 10.0. The number of aliphatic hydroxyl groups excluding tert-OH is 1. The summed E-state index contributed by atoms with van der Waals surface area (Å²) in [5.74, 6) is -4.24. The van der Waals surface area contributed by atoms with Crippen LogP contribution in [0, 0.1) is 0 Å². The highest BCUT2D eigenvalue weighted by molar-refractivity contribution is 7.78. The van der Waals surface area contributed by atoms with Crippen LogP contribution in [0.25, 0.3) is 0 Å². The van der Waals surface area contributed by atoms with Gasteiger partial charge < -0.3 is 36.0 Å². The van der Waals surface area contributed by atoms with E-state index in [2.05, 4.69) is 27.4 Å². The topological polar surface area (TPSA) is 239 Å². The van der Waals surface area contributed by atoms with Crippen LogP contribution in [0.15, 0.2) is 58.5 Å². The maximum atomic E-state index is 11.9. The van der Waals surface area contributed by atoms with Crippen molar-refractivity contribution in [2.75, 3.05) is 52.5 Å². The number of hydrogen-bond donors (Lipinski definition) is 6. The molecule has 254 valence electrons. The molecule has 2 atom stereocenters. The number of aromatic hydroxyl groups is 1. The molecule has 0 aliphatic heterocycles. The van der Waals surface area contributed by atoms with Crippen molar-refractivity contribution in [1.82, 2.24) is 14.7 Å². The van der Waals surface area contributed by atoms with Gasteiger partial charge in [-0.05, 0) is 54.0 Å². The van der Waals surface area contributed by atoms with Gasteiger partial charge in [0.25, 0.3) is 0 Å². The molecule has 0 fully saturated rings. The van der Waals surface area contributed by atoms with Crippen molar-refractivity contribution in [3.63, 3.8) is 0 Å². The number of aliphatic hydroxyl groups is 1. The van der Waals surface area contributed by atoms with E-state index in [9.17, 15) is 44.7 Å². The highest BCUT2D eigenvalue weighted by Crippen LogP contribution is 2.17. The molecule has 7 N–H and O–H groups in total. The SMILES string of the molecule is NC(=O)CN(CCN(CC(=O)O)CC(Cc1ccc(N=C=S)cc1)N(COC=NC(O)Cc1ccc(O)cc1)CC(=O)O)CC(=O)O. The van der Waals surface area contributed by atoms with Crippen LogP contribution in [0.4, 0.5) is 5.69 Å². The number of carbonyl (C=O) groups is 4. The molecule has 0 aliphatic rings. The number of phenols is 1. The zero-order valence-electron chi connectivity index (χ0n) is 25.4. The van der Waals surface area contributed by atoms with Gasteiger partial charge in [-0.1, -0.05) is 24.3 Å². The minimum atomic E-state index is -1.20. The maximum Gasteiger partial charge on any atom is 0.317 e. The van der Waals surface area contributed by atoms with Gasteiger partial charge in [-0.2, -0.15) is 4.99 Å². The lowest BCUT2D eigenvalue weighted by Gasteiger charge is -2.34. The Morgan fingerprint density at radius 1 is 0.851 bits per heavy atom. The summed E-state index contributed by atoms with van der Waals surface area (Å²) in [6.07, 6.45) is 0.174. The quantitative estimate of drug-likeness (QED) is 0.0401. The number of ether oxygens (including phenoxy) is 1. The molecule has 47 heavy (non-hydrogen) atoms. The fourth-order valence-electron chi connectivity index (χ4n) is 4.57. The minimum Gasteiger partial charge on any atom is -0.508 e. The van der Waals surface area contributed by atoms with E-state index in [4.69, 9.17) is 10.5 Å². The first-order valence-electron chi connectivity index (χ1n) is 14.2. The Balaban J connectivity index is 2.28. The van der Waals surface area contributed by atoms with E-state index in [1.54, 1.807) is 36.4 Å². The summed E-state index contributed by atoms with van der Waals surface area (Å²) in [7, 11) is 0. The number of isothiocyanates is 1. The Bertz CT molecular complexity index is 1390. The molecular weight excluding hydrogens is 636 g/mol. The van der Waals surface area contributed by atoms with Gasteiger partial charge in [0.05, 0.1) is 37.0 Å². The monoisotopic (exact) mass is 674 g/mol. The Morgan fingerprint density at radius 3 is 1.98 bits per heavy atom. The second kappa shape index (κ2) is 20.4. The minimum absolute atomic E-state index is 0.000878. The van der Waals surface area contributed by atoms with Gasteiger partial charge >= 0.3 is 17.9 Å². The van der Waals surface area contributed by atoms with E-state index in [1.165, 1.54) is 26.8 Å². The van der Waals surface area contributed by atoms with Gasteiger partial charge in [0.1, 0.15) is 12.5 Å². The van der Waals surface area contributed by atoms with Gasteiger partial charge in [-0.25, -0.2) is 4.99 Å². The summed E-state index contributed by atoms with van der Waals surface area (Å²) >= 11 is 4.64. The number of carboxylic acids is 3. The number of carboxylic acid groups (broad SMARTS) is 3. The van der Waals surface area contributed by atoms with Crippen LogP contribution < -0.4 is 5.73 Å². The number of nitrogens with two attached hydrogens (primary N) is 1. The highest BCUT2D eigenvalue weighted by Gasteiger charge is 2.26. The van der Waals surface area contributed by atoms with Crippen molar-refractivity contribution < 1.29 is 49.4 Å². The second-order valence-corrected chi connectivity index (χ2v) is 10.7. The van der Waals surface area contributed by atoms with Gasteiger partial charge in [-0.15, -0.1) is 0 Å². The number of hydrogen-bond acceptors (Lipinski definition) is 13. The molecule has 1 amide bonds. The van der Waals surface area contributed by atoms with Crippen LogP contribution in [0.5, 0.6) is 5.75 Å². The molecule has 0 bridgehead atoms. The number of aliphatic imine (C=N–C) groups is 2. The van der Waals surface area contributed by atoms with Crippen LogP contribution in [-0.4, -0.2) is 140 Å². The van der Waals surface area contributed by atoms with E-state index in [0.29, 0.717) is 11.3 Å². The van der Waals surface area contributed by atoms with Crippen LogP contribution >= 0.6 is 12.2 Å². The van der Waals surface area contributed by atoms with Crippen molar-refractivity contribution in [3.8, 4) is 5.75 Å². The first-order valence-corrected chi connectivity index (χ1v) is 14.6. The molecule has 16 nitrogen and oxygen atoms in total. The van der Waals surface area contributed by atoms with Gasteiger partial charge in [0, 0.05) is 32.1 Å². The third-order valence-corrected chi connectivity index (χ3v) is 6.73. The number of benzene rings is 2. The summed E-state index contributed by atoms with van der Waals surface area (Å²) < 4.78 is 5.52. The number of thiocarbonyl (C=S) groups is 1. The number of aliphatic carboxylic acids is 3. The van der Waals surface area contributed by atoms with E-state index in [0.717, 1.165) is 12.0 Å². The normalized spacial score (nSPS) is 12.6. The standard InChI is InChI=1S/C30H38N6O10S/c31-26(38)14-35(16-29(42)43)10-9-34(15-28(40)41)13-24(11-21-1-5-23(6-2-21)33-19-47)36(17-30(44)45)20-46-18-32-27(39)12-22-3-7-25(37)8-4-22/h1-8,18,24,27,37,39H,9-17,20H2,(H2,31,38)(H,40,41)(H,42,43)(H,44,45). The molecule has 0 radical (unpaired) electrons. The number of carbonyl (C=O) groups excluding carboxylic acids is 1. The molecule has 2 rings (SSSR count).